The van der Waals surface area contributed by atoms with Crippen molar-refractivity contribution in [1.82, 2.24) is 4.90 Å². The maximum Gasteiger partial charge on any atom is 0.230 e. The topological polar surface area (TPSA) is 55.6 Å². The van der Waals surface area contributed by atoms with Crippen molar-refractivity contribution in [3.63, 3.8) is 0 Å². The van der Waals surface area contributed by atoms with Crippen LogP contribution >= 0.6 is 0 Å². The summed E-state index contributed by atoms with van der Waals surface area (Å²) in [5.41, 5.74) is 6.73. The summed E-state index contributed by atoms with van der Waals surface area (Å²) in [5, 5.41) is 0. The lowest BCUT2D eigenvalue weighted by atomic mass is 9.99. The first-order valence-corrected chi connectivity index (χ1v) is 6.82. The van der Waals surface area contributed by atoms with E-state index in [2.05, 4.69) is 0 Å². The van der Waals surface area contributed by atoms with E-state index in [1.807, 2.05) is 36.1 Å². The Kier molecular flexibility index (Phi) is 4.43. The summed E-state index contributed by atoms with van der Waals surface area (Å²) >= 11 is 0. The van der Waals surface area contributed by atoms with Crippen LogP contribution in [0.2, 0.25) is 0 Å². The number of carbonyl (C=O) groups is 1. The average molecular weight is 262 g/mol. The van der Waals surface area contributed by atoms with E-state index >= 15 is 0 Å². The molecule has 1 saturated heterocycles. The fourth-order valence-corrected chi connectivity index (χ4v) is 2.67. The van der Waals surface area contributed by atoms with Crippen LogP contribution in [0.15, 0.2) is 24.3 Å². The molecule has 1 aliphatic rings. The van der Waals surface area contributed by atoms with Crippen molar-refractivity contribution >= 4 is 5.91 Å². The molecule has 0 saturated carbocycles. The Labute approximate surface area is 114 Å². The van der Waals surface area contributed by atoms with Crippen LogP contribution in [0, 0.1) is 0 Å². The molecule has 4 heteroatoms. The van der Waals surface area contributed by atoms with Gasteiger partial charge in [-0.15, -0.1) is 0 Å². The maximum atomic E-state index is 12.5. The third kappa shape index (κ3) is 2.89. The second kappa shape index (κ2) is 6.06. The molecule has 0 spiro atoms. The Hall–Kier alpha value is -1.55. The van der Waals surface area contributed by atoms with Crippen molar-refractivity contribution in [2.75, 3.05) is 20.2 Å². The lowest BCUT2D eigenvalue weighted by Crippen LogP contribution is -2.41. The van der Waals surface area contributed by atoms with E-state index in [-0.39, 0.29) is 17.9 Å². The van der Waals surface area contributed by atoms with Crippen molar-refractivity contribution in [1.29, 1.82) is 0 Å². The van der Waals surface area contributed by atoms with Gasteiger partial charge in [0, 0.05) is 19.1 Å². The molecule has 2 rings (SSSR count). The van der Waals surface area contributed by atoms with E-state index in [1.54, 1.807) is 7.11 Å². The van der Waals surface area contributed by atoms with E-state index in [9.17, 15) is 4.79 Å². The third-order valence-electron chi connectivity index (χ3n) is 3.90. The monoisotopic (exact) mass is 262 g/mol. The zero-order valence-electron chi connectivity index (χ0n) is 11.6. The van der Waals surface area contributed by atoms with E-state index in [1.165, 1.54) is 0 Å². The number of nitrogens with zero attached hydrogens (tertiary/aromatic N) is 1. The molecule has 1 aromatic carbocycles. The molecular weight excluding hydrogens is 240 g/mol. The summed E-state index contributed by atoms with van der Waals surface area (Å²) in [5.74, 6) is 0.803. The van der Waals surface area contributed by atoms with E-state index in [0.717, 1.165) is 30.7 Å². The minimum Gasteiger partial charge on any atom is -0.497 e. The molecule has 1 fully saturated rings. The van der Waals surface area contributed by atoms with Crippen molar-refractivity contribution in [2.24, 2.45) is 5.73 Å². The van der Waals surface area contributed by atoms with Gasteiger partial charge in [-0.25, -0.2) is 0 Å². The van der Waals surface area contributed by atoms with Crippen LogP contribution < -0.4 is 10.5 Å². The number of amides is 1. The Morgan fingerprint density at radius 2 is 2.37 bits per heavy atom. The van der Waals surface area contributed by atoms with Gasteiger partial charge in [0.2, 0.25) is 5.91 Å². The fourth-order valence-electron chi connectivity index (χ4n) is 2.67. The van der Waals surface area contributed by atoms with Gasteiger partial charge >= 0.3 is 0 Å². The van der Waals surface area contributed by atoms with E-state index in [0.29, 0.717) is 6.54 Å². The number of methoxy groups -OCH3 is 1. The minimum atomic E-state index is -0.151. The van der Waals surface area contributed by atoms with E-state index < -0.39 is 0 Å². The Morgan fingerprint density at radius 3 is 3.05 bits per heavy atom. The quantitative estimate of drug-likeness (QED) is 0.899. The molecule has 4 nitrogen and oxygen atoms in total. The highest BCUT2D eigenvalue weighted by Crippen LogP contribution is 2.26. The average Bonchev–Trinajstić information content (AvgIpc) is 2.94. The third-order valence-corrected chi connectivity index (χ3v) is 3.90. The number of likely N-dealkylation sites (tertiary alicyclic amines) is 1. The number of hydrogen-bond acceptors (Lipinski definition) is 3. The van der Waals surface area contributed by atoms with Crippen molar-refractivity contribution in [3.8, 4) is 5.75 Å². The predicted molar refractivity (Wildman–Crippen MR) is 75.2 cm³/mol. The van der Waals surface area contributed by atoms with Crippen LogP contribution in [0.25, 0.3) is 0 Å². The highest BCUT2D eigenvalue weighted by atomic mass is 16.5. The largest absolute Gasteiger partial charge is 0.497 e. The molecule has 1 aromatic rings. The minimum absolute atomic E-state index is 0.151. The summed E-state index contributed by atoms with van der Waals surface area (Å²) in [7, 11) is 1.64. The fraction of sp³-hybridized carbons (Fsp3) is 0.533. The molecular formula is C15H22N2O2. The second-order valence-electron chi connectivity index (χ2n) is 5.06. The highest BCUT2D eigenvalue weighted by Gasteiger charge is 2.30. The first-order chi connectivity index (χ1) is 9.17. The molecule has 19 heavy (non-hydrogen) atoms. The second-order valence-corrected chi connectivity index (χ2v) is 5.06. The Bertz CT molecular complexity index is 448. The van der Waals surface area contributed by atoms with Gasteiger partial charge in [0.05, 0.1) is 13.0 Å². The molecule has 0 aromatic heterocycles. The van der Waals surface area contributed by atoms with Crippen molar-refractivity contribution in [3.05, 3.63) is 29.8 Å². The maximum absolute atomic E-state index is 12.5. The molecule has 2 atom stereocenters. The van der Waals surface area contributed by atoms with Crippen LogP contribution in [-0.2, 0) is 4.79 Å². The normalized spacial score (nSPS) is 20.4. The first kappa shape index (κ1) is 13.9. The van der Waals surface area contributed by atoms with Gasteiger partial charge in [-0.2, -0.15) is 0 Å². The molecule has 1 amide bonds. The van der Waals surface area contributed by atoms with Gasteiger partial charge in [0.15, 0.2) is 0 Å². The van der Waals surface area contributed by atoms with Gasteiger partial charge < -0.3 is 15.4 Å². The molecule has 0 radical (unpaired) electrons. The van der Waals surface area contributed by atoms with Crippen LogP contribution in [0.5, 0.6) is 5.75 Å². The van der Waals surface area contributed by atoms with Crippen molar-refractivity contribution in [2.45, 2.75) is 31.7 Å². The lowest BCUT2D eigenvalue weighted by Gasteiger charge is -2.27. The van der Waals surface area contributed by atoms with Gasteiger partial charge in [0.1, 0.15) is 5.75 Å². The molecule has 2 N–H and O–H groups in total. The van der Waals surface area contributed by atoms with Crippen LogP contribution in [0.1, 0.15) is 31.2 Å². The van der Waals surface area contributed by atoms with Gasteiger partial charge in [-0.05, 0) is 37.5 Å². The molecule has 2 unspecified atom stereocenters. The molecule has 0 bridgehead atoms. The number of nitrogens with two attached hydrogens (primary N) is 1. The number of rotatable bonds is 4. The number of hydrogen-bond donors (Lipinski definition) is 1. The zero-order chi connectivity index (χ0) is 13.8. The zero-order valence-corrected chi connectivity index (χ0v) is 11.6. The van der Waals surface area contributed by atoms with Crippen LogP contribution in [-0.4, -0.2) is 37.0 Å². The SMILES string of the molecule is COc1cccc(C(C)C(=O)N2CCCC2CN)c1. The summed E-state index contributed by atoms with van der Waals surface area (Å²) in [6.07, 6.45) is 2.07. The molecule has 1 aliphatic heterocycles. The summed E-state index contributed by atoms with van der Waals surface area (Å²) in [4.78, 5) is 14.5. The summed E-state index contributed by atoms with van der Waals surface area (Å²) in [6.45, 7) is 3.33. The van der Waals surface area contributed by atoms with Crippen LogP contribution in [0.4, 0.5) is 0 Å². The smallest absolute Gasteiger partial charge is 0.230 e. The van der Waals surface area contributed by atoms with Crippen molar-refractivity contribution < 1.29 is 9.53 Å². The standard InChI is InChI=1S/C15H22N2O2/c1-11(12-5-3-7-14(9-12)19-2)15(18)17-8-4-6-13(17)10-16/h3,5,7,9,11,13H,4,6,8,10,16H2,1-2H3. The van der Waals surface area contributed by atoms with Gasteiger partial charge in [0.25, 0.3) is 0 Å². The summed E-state index contributed by atoms with van der Waals surface area (Å²) in [6, 6.07) is 7.91. The lowest BCUT2D eigenvalue weighted by molar-refractivity contribution is -0.133. The molecule has 0 aliphatic carbocycles. The number of carbonyl (C=O) groups excluding carboxylic acids is 1. The highest BCUT2D eigenvalue weighted by molar-refractivity contribution is 5.84. The summed E-state index contributed by atoms with van der Waals surface area (Å²) < 4.78 is 5.21. The van der Waals surface area contributed by atoms with Gasteiger partial charge in [-0.1, -0.05) is 12.1 Å². The Morgan fingerprint density at radius 1 is 1.58 bits per heavy atom. The molecule has 104 valence electrons. The van der Waals surface area contributed by atoms with E-state index in [4.69, 9.17) is 10.5 Å². The number of ether oxygens (including phenoxy) is 1. The number of benzene rings is 1. The van der Waals surface area contributed by atoms with Gasteiger partial charge in [-0.3, -0.25) is 4.79 Å². The Balaban J connectivity index is 2.13. The molecule has 1 heterocycles. The predicted octanol–water partition coefficient (Wildman–Crippen LogP) is 1.75. The van der Waals surface area contributed by atoms with Crippen LogP contribution in [0.3, 0.4) is 0 Å². The first-order valence-electron chi connectivity index (χ1n) is 6.82.